The number of rotatable bonds is 4. The zero-order valence-corrected chi connectivity index (χ0v) is 12.7. The number of fused-ring (bicyclic) bond motifs is 3. The summed E-state index contributed by atoms with van der Waals surface area (Å²) in [4.78, 5) is 35.7. The Balaban J connectivity index is 1.42. The molecule has 2 aliphatic rings. The first-order chi connectivity index (χ1) is 11.6. The summed E-state index contributed by atoms with van der Waals surface area (Å²) in [5.41, 5.74) is 1.42. The number of benzene rings is 1. The van der Waals surface area contributed by atoms with Crippen LogP contribution in [-0.2, 0) is 6.42 Å². The van der Waals surface area contributed by atoms with E-state index >= 15 is 0 Å². The van der Waals surface area contributed by atoms with Crippen LogP contribution in [0.4, 0.5) is 5.69 Å². The molecule has 1 aromatic carbocycles. The second-order valence-corrected chi connectivity index (χ2v) is 6.33. The third kappa shape index (κ3) is 2.29. The molecule has 122 valence electrons. The van der Waals surface area contributed by atoms with Gasteiger partial charge in [-0.25, -0.2) is 0 Å². The Kier molecular flexibility index (Phi) is 3.23. The van der Waals surface area contributed by atoms with Crippen LogP contribution in [0.3, 0.4) is 0 Å². The van der Waals surface area contributed by atoms with E-state index in [1.165, 1.54) is 17.3 Å². The highest BCUT2D eigenvalue weighted by atomic mass is 16.6. The van der Waals surface area contributed by atoms with Crippen LogP contribution >= 0.6 is 0 Å². The number of hydrogen-bond donors (Lipinski definition) is 2. The van der Waals surface area contributed by atoms with Crippen molar-refractivity contribution >= 4 is 11.6 Å². The van der Waals surface area contributed by atoms with Gasteiger partial charge in [-0.05, 0) is 35.3 Å². The molecule has 7 heteroatoms. The van der Waals surface area contributed by atoms with Crippen LogP contribution < -0.4 is 10.9 Å². The molecule has 2 aromatic rings. The van der Waals surface area contributed by atoms with Gasteiger partial charge >= 0.3 is 11.2 Å². The summed E-state index contributed by atoms with van der Waals surface area (Å²) in [5, 5.41) is 13.6. The van der Waals surface area contributed by atoms with Gasteiger partial charge < -0.3 is 10.3 Å². The highest BCUT2D eigenvalue weighted by Crippen LogP contribution is 2.60. The van der Waals surface area contributed by atoms with Crippen molar-refractivity contribution in [2.24, 2.45) is 11.8 Å². The molecule has 0 aliphatic heterocycles. The van der Waals surface area contributed by atoms with Gasteiger partial charge in [-0.2, -0.15) is 0 Å². The van der Waals surface area contributed by atoms with Crippen molar-refractivity contribution in [1.82, 2.24) is 10.3 Å². The highest BCUT2D eigenvalue weighted by molar-refractivity contribution is 5.94. The SMILES string of the molecule is O=C(NC[C@@H]1[C@H]2Cc3ccccc3[C@H]12)c1c[nH]c(=O)c([N+](=O)[O-])c1. The Labute approximate surface area is 136 Å². The van der Waals surface area contributed by atoms with E-state index in [4.69, 9.17) is 0 Å². The number of hydrogen-bond acceptors (Lipinski definition) is 4. The minimum Gasteiger partial charge on any atom is -0.352 e. The maximum Gasteiger partial charge on any atom is 0.334 e. The monoisotopic (exact) mass is 325 g/mol. The van der Waals surface area contributed by atoms with Crippen LogP contribution in [0.1, 0.15) is 27.4 Å². The van der Waals surface area contributed by atoms with Gasteiger partial charge in [0.15, 0.2) is 0 Å². The lowest BCUT2D eigenvalue weighted by Gasteiger charge is -2.09. The molecule has 0 bridgehead atoms. The van der Waals surface area contributed by atoms with Gasteiger partial charge in [0.05, 0.1) is 10.5 Å². The fraction of sp³-hybridized carbons (Fsp3) is 0.294. The van der Waals surface area contributed by atoms with Crippen molar-refractivity contribution in [3.63, 3.8) is 0 Å². The molecule has 24 heavy (non-hydrogen) atoms. The molecule has 1 amide bonds. The van der Waals surface area contributed by atoms with Gasteiger partial charge in [-0.3, -0.25) is 19.7 Å². The van der Waals surface area contributed by atoms with E-state index in [9.17, 15) is 19.7 Å². The second kappa shape index (κ2) is 5.30. The summed E-state index contributed by atoms with van der Waals surface area (Å²) in [6.45, 7) is 0.537. The molecular weight excluding hydrogens is 310 g/mol. The first-order valence-electron chi connectivity index (χ1n) is 7.79. The largest absolute Gasteiger partial charge is 0.352 e. The minimum atomic E-state index is -0.815. The summed E-state index contributed by atoms with van der Waals surface area (Å²) < 4.78 is 0. The quantitative estimate of drug-likeness (QED) is 0.658. The van der Waals surface area contributed by atoms with Crippen LogP contribution in [0.2, 0.25) is 0 Å². The van der Waals surface area contributed by atoms with Crippen LogP contribution in [0.15, 0.2) is 41.3 Å². The molecule has 0 radical (unpaired) electrons. The number of carbonyl (C=O) groups excluding carboxylic acids is 1. The van der Waals surface area contributed by atoms with E-state index in [-0.39, 0.29) is 5.56 Å². The first kappa shape index (κ1) is 14.6. The van der Waals surface area contributed by atoms with Crippen molar-refractivity contribution in [1.29, 1.82) is 0 Å². The van der Waals surface area contributed by atoms with Gasteiger partial charge in [-0.1, -0.05) is 24.3 Å². The maximum absolute atomic E-state index is 12.2. The van der Waals surface area contributed by atoms with Crippen molar-refractivity contribution < 1.29 is 9.72 Å². The van der Waals surface area contributed by atoms with Crippen LogP contribution in [-0.4, -0.2) is 22.4 Å². The lowest BCUT2D eigenvalue weighted by atomic mass is 10.0. The van der Waals surface area contributed by atoms with E-state index in [2.05, 4.69) is 22.4 Å². The third-order valence-corrected chi connectivity index (χ3v) is 5.04. The number of aromatic nitrogens is 1. The van der Waals surface area contributed by atoms with Gasteiger partial charge in [0.1, 0.15) is 0 Å². The van der Waals surface area contributed by atoms with Crippen LogP contribution in [0.5, 0.6) is 0 Å². The van der Waals surface area contributed by atoms with E-state index in [1.807, 2.05) is 12.1 Å². The molecule has 1 fully saturated rings. The van der Waals surface area contributed by atoms with E-state index in [0.29, 0.717) is 24.3 Å². The number of carbonyl (C=O) groups is 1. The van der Waals surface area contributed by atoms with Crippen molar-refractivity contribution in [3.05, 3.63) is 73.7 Å². The Morgan fingerprint density at radius 1 is 1.38 bits per heavy atom. The predicted octanol–water partition coefficient (Wildman–Crippen LogP) is 1.60. The predicted molar refractivity (Wildman–Crippen MR) is 85.9 cm³/mol. The number of aromatic amines is 1. The first-order valence-corrected chi connectivity index (χ1v) is 7.79. The fourth-order valence-electron chi connectivity index (χ4n) is 3.81. The Hall–Kier alpha value is -2.96. The topological polar surface area (TPSA) is 105 Å². The molecule has 2 N–H and O–H groups in total. The molecule has 2 aliphatic carbocycles. The Morgan fingerprint density at radius 2 is 2.17 bits per heavy atom. The number of H-pyrrole nitrogens is 1. The van der Waals surface area contributed by atoms with Crippen molar-refractivity contribution in [3.8, 4) is 0 Å². The van der Waals surface area contributed by atoms with Gasteiger partial charge in [-0.15, -0.1) is 0 Å². The summed E-state index contributed by atoms with van der Waals surface area (Å²) in [6.07, 6.45) is 2.25. The normalized spacial score (nSPS) is 23.2. The summed E-state index contributed by atoms with van der Waals surface area (Å²) in [7, 11) is 0. The van der Waals surface area contributed by atoms with Gasteiger partial charge in [0, 0.05) is 18.8 Å². The average Bonchev–Trinajstić information content (AvgIpc) is 3.11. The van der Waals surface area contributed by atoms with E-state index in [1.54, 1.807) is 0 Å². The zero-order chi connectivity index (χ0) is 16.8. The van der Waals surface area contributed by atoms with Crippen LogP contribution in [0.25, 0.3) is 0 Å². The lowest BCUT2D eigenvalue weighted by molar-refractivity contribution is -0.386. The molecule has 3 atom stereocenters. The van der Waals surface area contributed by atoms with Gasteiger partial charge in [0.2, 0.25) is 0 Å². The standard InChI is InChI=1S/C17H15N3O4/c21-16(10-6-14(20(23)24)17(22)18-7-10)19-8-13-12-5-9-3-1-2-4-11(9)15(12)13/h1-4,6-7,12-13,15H,5,8H2,(H,18,22)(H,19,21)/t12-,13-,15+/m1/s1. The molecule has 7 nitrogen and oxygen atoms in total. The molecule has 0 unspecified atom stereocenters. The summed E-state index contributed by atoms with van der Waals surface area (Å²) in [5.74, 6) is 1.09. The number of nitrogens with one attached hydrogen (secondary N) is 2. The summed E-state index contributed by atoms with van der Waals surface area (Å²) in [6, 6.07) is 9.39. The van der Waals surface area contributed by atoms with E-state index < -0.39 is 22.1 Å². The number of amides is 1. The molecule has 1 saturated carbocycles. The van der Waals surface area contributed by atoms with Crippen LogP contribution in [0, 0.1) is 22.0 Å². The number of nitro groups is 1. The van der Waals surface area contributed by atoms with Crippen molar-refractivity contribution in [2.45, 2.75) is 12.3 Å². The summed E-state index contributed by atoms with van der Waals surface area (Å²) >= 11 is 0. The lowest BCUT2D eigenvalue weighted by Crippen LogP contribution is -2.27. The smallest absolute Gasteiger partial charge is 0.334 e. The number of nitrogens with zero attached hydrogens (tertiary/aromatic N) is 1. The zero-order valence-electron chi connectivity index (χ0n) is 12.7. The molecule has 1 heterocycles. The fourth-order valence-corrected chi connectivity index (χ4v) is 3.81. The minimum absolute atomic E-state index is 0.0903. The third-order valence-electron chi connectivity index (χ3n) is 5.04. The highest BCUT2D eigenvalue weighted by Gasteiger charge is 2.54. The average molecular weight is 325 g/mol. The van der Waals surface area contributed by atoms with Crippen molar-refractivity contribution in [2.75, 3.05) is 6.54 Å². The number of pyridine rings is 1. The Bertz CT molecular complexity index is 905. The molecule has 0 saturated heterocycles. The molecule has 0 spiro atoms. The Morgan fingerprint density at radius 3 is 2.96 bits per heavy atom. The second-order valence-electron chi connectivity index (χ2n) is 6.33. The molecule has 4 rings (SSSR count). The van der Waals surface area contributed by atoms with E-state index in [0.717, 1.165) is 12.5 Å². The molecular formula is C17H15N3O4. The maximum atomic E-state index is 12.2. The molecule has 1 aromatic heterocycles. The van der Waals surface area contributed by atoms with Gasteiger partial charge in [0.25, 0.3) is 5.91 Å².